The Balaban J connectivity index is 2.31. The molecule has 0 spiro atoms. The molecule has 0 saturated heterocycles. The summed E-state index contributed by atoms with van der Waals surface area (Å²) in [5, 5.41) is 0.442. The van der Waals surface area contributed by atoms with E-state index in [2.05, 4.69) is 9.97 Å². The van der Waals surface area contributed by atoms with Gasteiger partial charge in [-0.25, -0.2) is 9.97 Å². The van der Waals surface area contributed by atoms with Gasteiger partial charge >= 0.3 is 0 Å². The molecular formula is C10H7ClIN3O. The molecule has 2 heterocycles. The zero-order chi connectivity index (χ0) is 11.5. The molecule has 0 atom stereocenters. The average Bonchev–Trinajstić information content (AvgIpc) is 2.28. The van der Waals surface area contributed by atoms with Gasteiger partial charge < -0.3 is 0 Å². The number of pyridine rings is 1. The summed E-state index contributed by atoms with van der Waals surface area (Å²) in [7, 11) is 0. The van der Waals surface area contributed by atoms with Gasteiger partial charge in [-0.3, -0.25) is 9.36 Å². The van der Waals surface area contributed by atoms with E-state index >= 15 is 0 Å². The second kappa shape index (κ2) is 4.92. The Kier molecular flexibility index (Phi) is 3.55. The highest BCUT2D eigenvalue weighted by molar-refractivity contribution is 14.1. The summed E-state index contributed by atoms with van der Waals surface area (Å²) in [6.07, 6.45) is 4.70. The van der Waals surface area contributed by atoms with Crippen molar-refractivity contribution in [2.45, 2.75) is 6.54 Å². The van der Waals surface area contributed by atoms with E-state index in [0.29, 0.717) is 15.3 Å². The van der Waals surface area contributed by atoms with Crippen LogP contribution >= 0.6 is 34.2 Å². The van der Waals surface area contributed by atoms with Gasteiger partial charge in [-0.05, 0) is 34.2 Å². The molecule has 0 N–H and O–H groups in total. The van der Waals surface area contributed by atoms with E-state index in [1.165, 1.54) is 10.9 Å². The van der Waals surface area contributed by atoms with Gasteiger partial charge in [0.15, 0.2) is 0 Å². The third-order valence-electron chi connectivity index (χ3n) is 2.00. The highest BCUT2D eigenvalue weighted by Gasteiger charge is 2.02. The number of nitrogens with zero attached hydrogens (tertiary/aromatic N) is 3. The quantitative estimate of drug-likeness (QED) is 0.616. The molecule has 0 aliphatic heterocycles. The Hall–Kier alpha value is -0.950. The number of halogens is 2. The molecule has 4 nitrogen and oxygen atoms in total. The van der Waals surface area contributed by atoms with Gasteiger partial charge in [0.25, 0.3) is 5.56 Å². The van der Waals surface area contributed by atoms with Crippen LogP contribution in [0.3, 0.4) is 0 Å². The van der Waals surface area contributed by atoms with Crippen LogP contribution in [0.2, 0.25) is 5.15 Å². The van der Waals surface area contributed by atoms with E-state index in [1.807, 2.05) is 28.7 Å². The Morgan fingerprint density at radius 2 is 2.19 bits per heavy atom. The van der Waals surface area contributed by atoms with Gasteiger partial charge in [-0.1, -0.05) is 17.7 Å². The second-order valence-corrected chi connectivity index (χ2v) is 4.71. The summed E-state index contributed by atoms with van der Waals surface area (Å²) < 4.78 is 2.13. The van der Waals surface area contributed by atoms with Crippen LogP contribution in [0.5, 0.6) is 0 Å². The van der Waals surface area contributed by atoms with Crippen LogP contribution in [0.1, 0.15) is 5.56 Å². The molecule has 6 heteroatoms. The minimum Gasteiger partial charge on any atom is -0.294 e. The SMILES string of the molecule is O=c1c(I)cncn1Cc1ccc(Cl)nc1. The standard InChI is InChI=1S/C10H7ClIN3O/c11-9-2-1-7(3-14-9)5-15-6-13-4-8(12)10(15)16/h1-4,6H,5H2. The van der Waals surface area contributed by atoms with Crippen LogP contribution in [0.25, 0.3) is 0 Å². The number of aromatic nitrogens is 3. The fourth-order valence-electron chi connectivity index (χ4n) is 1.23. The third-order valence-corrected chi connectivity index (χ3v) is 2.96. The second-order valence-electron chi connectivity index (χ2n) is 3.16. The Morgan fingerprint density at radius 1 is 1.38 bits per heavy atom. The van der Waals surface area contributed by atoms with Crippen LogP contribution in [-0.4, -0.2) is 14.5 Å². The first kappa shape index (κ1) is 11.5. The monoisotopic (exact) mass is 347 g/mol. The van der Waals surface area contributed by atoms with Gasteiger partial charge in [0.1, 0.15) is 5.15 Å². The van der Waals surface area contributed by atoms with Crippen LogP contribution in [-0.2, 0) is 6.54 Å². The minimum absolute atomic E-state index is 0.0504. The zero-order valence-electron chi connectivity index (χ0n) is 8.10. The highest BCUT2D eigenvalue weighted by atomic mass is 127. The maximum absolute atomic E-state index is 11.7. The molecule has 0 radical (unpaired) electrons. The van der Waals surface area contributed by atoms with Crippen molar-refractivity contribution in [1.29, 1.82) is 0 Å². The van der Waals surface area contributed by atoms with E-state index in [-0.39, 0.29) is 5.56 Å². The Morgan fingerprint density at radius 3 is 2.88 bits per heavy atom. The van der Waals surface area contributed by atoms with Gasteiger partial charge in [0, 0.05) is 12.4 Å². The van der Waals surface area contributed by atoms with Gasteiger partial charge in [-0.2, -0.15) is 0 Å². The summed E-state index contributed by atoms with van der Waals surface area (Å²) in [5.74, 6) is 0. The molecule has 2 aromatic heterocycles. The molecule has 82 valence electrons. The van der Waals surface area contributed by atoms with E-state index < -0.39 is 0 Å². The highest BCUT2D eigenvalue weighted by Crippen LogP contribution is 2.06. The van der Waals surface area contributed by atoms with E-state index in [9.17, 15) is 4.79 Å². The van der Waals surface area contributed by atoms with Crippen LogP contribution in [0.15, 0.2) is 35.6 Å². The summed E-state index contributed by atoms with van der Waals surface area (Å²) in [4.78, 5) is 19.6. The lowest BCUT2D eigenvalue weighted by atomic mass is 10.3. The lowest BCUT2D eigenvalue weighted by Gasteiger charge is -2.04. The fraction of sp³-hybridized carbons (Fsp3) is 0.100. The molecule has 2 rings (SSSR count). The smallest absolute Gasteiger partial charge is 0.267 e. The molecular weight excluding hydrogens is 340 g/mol. The molecule has 0 bridgehead atoms. The van der Waals surface area contributed by atoms with E-state index in [1.54, 1.807) is 18.5 Å². The number of hydrogen-bond donors (Lipinski definition) is 0. The van der Waals surface area contributed by atoms with Gasteiger partial charge in [-0.15, -0.1) is 0 Å². The predicted octanol–water partition coefficient (Wildman–Crippen LogP) is 1.94. The lowest BCUT2D eigenvalue weighted by molar-refractivity contribution is 0.728. The largest absolute Gasteiger partial charge is 0.294 e. The van der Waals surface area contributed by atoms with Crippen molar-refractivity contribution in [2.24, 2.45) is 0 Å². The van der Waals surface area contributed by atoms with E-state index in [4.69, 9.17) is 11.6 Å². The number of rotatable bonds is 2. The van der Waals surface area contributed by atoms with Crippen molar-refractivity contribution in [3.05, 3.63) is 55.5 Å². The molecule has 2 aromatic rings. The van der Waals surface area contributed by atoms with Crippen molar-refractivity contribution in [1.82, 2.24) is 14.5 Å². The Bertz CT molecular complexity index is 553. The van der Waals surface area contributed by atoms with Crippen molar-refractivity contribution in [3.8, 4) is 0 Å². The topological polar surface area (TPSA) is 47.8 Å². The van der Waals surface area contributed by atoms with Crippen molar-refractivity contribution in [2.75, 3.05) is 0 Å². The normalized spacial score (nSPS) is 10.4. The predicted molar refractivity (Wildman–Crippen MR) is 69.6 cm³/mol. The summed E-state index contributed by atoms with van der Waals surface area (Å²) in [5.41, 5.74) is 0.862. The Labute approximate surface area is 110 Å². The van der Waals surface area contributed by atoms with Crippen molar-refractivity contribution >= 4 is 34.2 Å². The first-order valence-electron chi connectivity index (χ1n) is 4.47. The molecule has 0 saturated carbocycles. The van der Waals surface area contributed by atoms with Crippen molar-refractivity contribution in [3.63, 3.8) is 0 Å². The van der Waals surface area contributed by atoms with Crippen LogP contribution in [0, 0.1) is 3.57 Å². The lowest BCUT2D eigenvalue weighted by Crippen LogP contribution is -2.22. The fourth-order valence-corrected chi connectivity index (χ4v) is 1.82. The summed E-state index contributed by atoms with van der Waals surface area (Å²) in [6, 6.07) is 3.53. The molecule has 0 aromatic carbocycles. The molecule has 0 aliphatic rings. The molecule has 0 aliphatic carbocycles. The molecule has 0 fully saturated rings. The molecule has 0 amide bonds. The summed E-state index contributed by atoms with van der Waals surface area (Å²) in [6.45, 7) is 0.451. The van der Waals surface area contributed by atoms with Gasteiger partial charge in [0.05, 0.1) is 16.4 Å². The van der Waals surface area contributed by atoms with E-state index in [0.717, 1.165) is 5.56 Å². The van der Waals surface area contributed by atoms with Gasteiger partial charge in [0.2, 0.25) is 0 Å². The molecule has 0 unspecified atom stereocenters. The average molecular weight is 348 g/mol. The maximum Gasteiger partial charge on any atom is 0.267 e. The zero-order valence-corrected chi connectivity index (χ0v) is 11.0. The first-order valence-corrected chi connectivity index (χ1v) is 5.93. The number of hydrogen-bond acceptors (Lipinski definition) is 3. The van der Waals surface area contributed by atoms with Crippen molar-refractivity contribution < 1.29 is 0 Å². The summed E-state index contributed by atoms with van der Waals surface area (Å²) >= 11 is 7.64. The van der Waals surface area contributed by atoms with Crippen LogP contribution < -0.4 is 5.56 Å². The third kappa shape index (κ3) is 2.59. The first-order chi connectivity index (χ1) is 7.66. The molecule has 16 heavy (non-hydrogen) atoms. The van der Waals surface area contributed by atoms with Crippen LogP contribution in [0.4, 0.5) is 0 Å². The minimum atomic E-state index is -0.0504. The maximum atomic E-state index is 11.7.